The van der Waals surface area contributed by atoms with Gasteiger partial charge in [0.15, 0.2) is 5.69 Å². The zero-order valence-electron chi connectivity index (χ0n) is 16.7. The van der Waals surface area contributed by atoms with E-state index in [0.717, 1.165) is 23.3 Å². The standard InChI is InChI=1S/C21H24N4O3S/c1-4-8-14-12-17(29-13(14)3)19(26)22-23-20(27)18-15-9-6-7-10-16(15)21(28)25(24-18)11-5-2/h6-7,9-10,12H,4-5,8,11H2,1-3H3,(H,22,26)(H,23,27). The lowest BCUT2D eigenvalue weighted by Crippen LogP contribution is -2.42. The molecule has 0 saturated carbocycles. The van der Waals surface area contributed by atoms with Gasteiger partial charge >= 0.3 is 0 Å². The molecule has 0 aliphatic heterocycles. The maximum absolute atomic E-state index is 12.7. The molecular weight excluding hydrogens is 388 g/mol. The van der Waals surface area contributed by atoms with Crippen LogP contribution in [-0.2, 0) is 13.0 Å². The Morgan fingerprint density at radius 3 is 2.45 bits per heavy atom. The molecular formula is C21H24N4O3S. The van der Waals surface area contributed by atoms with E-state index in [1.54, 1.807) is 24.3 Å². The molecule has 0 fully saturated rings. The number of carbonyl (C=O) groups excluding carboxylic acids is 2. The molecule has 2 amide bonds. The number of thiophene rings is 1. The summed E-state index contributed by atoms with van der Waals surface area (Å²) in [5.74, 6) is -0.943. The second-order valence-corrected chi connectivity index (χ2v) is 8.03. The molecule has 0 unspecified atom stereocenters. The first-order valence-corrected chi connectivity index (χ1v) is 10.5. The van der Waals surface area contributed by atoms with Crippen molar-refractivity contribution in [1.29, 1.82) is 0 Å². The van der Waals surface area contributed by atoms with E-state index in [-0.39, 0.29) is 17.2 Å². The summed E-state index contributed by atoms with van der Waals surface area (Å²) in [6.45, 7) is 6.41. The van der Waals surface area contributed by atoms with Crippen LogP contribution in [0.2, 0.25) is 0 Å². The van der Waals surface area contributed by atoms with Gasteiger partial charge in [0, 0.05) is 16.8 Å². The van der Waals surface area contributed by atoms with Gasteiger partial charge in [0.05, 0.1) is 10.3 Å². The molecule has 29 heavy (non-hydrogen) atoms. The minimum absolute atomic E-state index is 0.1000. The average molecular weight is 413 g/mol. The zero-order chi connectivity index (χ0) is 21.0. The van der Waals surface area contributed by atoms with Crippen molar-refractivity contribution in [3.05, 3.63) is 61.7 Å². The molecule has 0 aliphatic carbocycles. The highest BCUT2D eigenvalue weighted by molar-refractivity contribution is 7.14. The monoisotopic (exact) mass is 412 g/mol. The topological polar surface area (TPSA) is 93.1 Å². The normalized spacial score (nSPS) is 10.9. The van der Waals surface area contributed by atoms with Crippen LogP contribution in [0.25, 0.3) is 10.8 Å². The molecule has 0 saturated heterocycles. The molecule has 3 rings (SSSR count). The van der Waals surface area contributed by atoms with Crippen LogP contribution < -0.4 is 16.4 Å². The second kappa shape index (κ2) is 9.00. The summed E-state index contributed by atoms with van der Waals surface area (Å²) in [5, 5.41) is 5.10. The van der Waals surface area contributed by atoms with Crippen molar-refractivity contribution in [3.8, 4) is 0 Å². The van der Waals surface area contributed by atoms with Crippen molar-refractivity contribution in [2.45, 2.75) is 46.6 Å². The molecule has 7 nitrogen and oxygen atoms in total. The van der Waals surface area contributed by atoms with E-state index in [1.807, 2.05) is 19.9 Å². The quantitative estimate of drug-likeness (QED) is 0.608. The number of carbonyl (C=O) groups is 2. The molecule has 0 atom stereocenters. The summed E-state index contributed by atoms with van der Waals surface area (Å²) >= 11 is 1.40. The summed E-state index contributed by atoms with van der Waals surface area (Å²) in [6.07, 6.45) is 2.62. The molecule has 1 aromatic carbocycles. The number of aromatic nitrogens is 2. The zero-order valence-corrected chi connectivity index (χ0v) is 17.6. The lowest BCUT2D eigenvalue weighted by Gasteiger charge is -2.11. The number of fused-ring (bicyclic) bond motifs is 1. The summed E-state index contributed by atoms with van der Waals surface area (Å²) < 4.78 is 1.29. The fourth-order valence-corrected chi connectivity index (χ4v) is 4.12. The minimum atomic E-state index is -0.568. The molecule has 2 heterocycles. The largest absolute Gasteiger partial charge is 0.290 e. The molecule has 0 radical (unpaired) electrons. The Morgan fingerprint density at radius 1 is 1.07 bits per heavy atom. The van der Waals surface area contributed by atoms with E-state index in [1.165, 1.54) is 16.0 Å². The van der Waals surface area contributed by atoms with Crippen LogP contribution in [0.1, 0.15) is 57.3 Å². The number of benzene rings is 1. The fraction of sp³-hybridized carbons (Fsp3) is 0.333. The number of hydrogen-bond acceptors (Lipinski definition) is 5. The van der Waals surface area contributed by atoms with Gasteiger partial charge in [0.1, 0.15) is 0 Å². The highest BCUT2D eigenvalue weighted by Crippen LogP contribution is 2.22. The van der Waals surface area contributed by atoms with Gasteiger partial charge in [0.2, 0.25) is 0 Å². The van der Waals surface area contributed by atoms with Gasteiger partial charge in [-0.3, -0.25) is 25.2 Å². The summed E-state index contributed by atoms with van der Waals surface area (Å²) in [4.78, 5) is 39.4. The predicted octanol–water partition coefficient (Wildman–Crippen LogP) is 3.20. The first-order valence-electron chi connectivity index (χ1n) is 9.66. The first kappa shape index (κ1) is 20.7. The predicted molar refractivity (Wildman–Crippen MR) is 114 cm³/mol. The van der Waals surface area contributed by atoms with Gasteiger partial charge in [-0.25, -0.2) is 4.68 Å². The van der Waals surface area contributed by atoms with Gasteiger partial charge in [0.25, 0.3) is 17.4 Å². The summed E-state index contributed by atoms with van der Waals surface area (Å²) in [5.41, 5.74) is 5.90. The maximum Gasteiger partial charge on any atom is 0.290 e. The van der Waals surface area contributed by atoms with E-state index in [2.05, 4.69) is 22.9 Å². The van der Waals surface area contributed by atoms with E-state index in [4.69, 9.17) is 0 Å². The number of rotatable bonds is 6. The molecule has 0 spiro atoms. The molecule has 3 aromatic rings. The number of hydrazine groups is 1. The van der Waals surface area contributed by atoms with Crippen molar-refractivity contribution in [3.63, 3.8) is 0 Å². The number of nitrogens with zero attached hydrogens (tertiary/aromatic N) is 2. The van der Waals surface area contributed by atoms with Crippen molar-refractivity contribution < 1.29 is 9.59 Å². The van der Waals surface area contributed by atoms with Gasteiger partial charge in [-0.15, -0.1) is 11.3 Å². The molecule has 2 aromatic heterocycles. The van der Waals surface area contributed by atoms with Crippen LogP contribution in [0.3, 0.4) is 0 Å². The Balaban J connectivity index is 1.83. The third-order valence-corrected chi connectivity index (χ3v) is 5.66. The smallest absolute Gasteiger partial charge is 0.267 e. The van der Waals surface area contributed by atoms with E-state index >= 15 is 0 Å². The summed E-state index contributed by atoms with van der Waals surface area (Å²) in [7, 11) is 0. The molecule has 0 bridgehead atoms. The second-order valence-electron chi connectivity index (χ2n) is 6.77. The van der Waals surface area contributed by atoms with Gasteiger partial charge in [-0.05, 0) is 37.5 Å². The highest BCUT2D eigenvalue weighted by atomic mass is 32.1. The Morgan fingerprint density at radius 2 is 1.76 bits per heavy atom. The van der Waals surface area contributed by atoms with Gasteiger partial charge in [-0.1, -0.05) is 38.5 Å². The van der Waals surface area contributed by atoms with Crippen LogP contribution in [0.15, 0.2) is 35.1 Å². The lowest BCUT2D eigenvalue weighted by molar-refractivity contribution is 0.0845. The van der Waals surface area contributed by atoms with Crippen LogP contribution in [0.5, 0.6) is 0 Å². The van der Waals surface area contributed by atoms with Gasteiger partial charge in [-0.2, -0.15) is 5.10 Å². The molecule has 152 valence electrons. The number of nitrogens with one attached hydrogen (secondary N) is 2. The van der Waals surface area contributed by atoms with Gasteiger partial charge < -0.3 is 0 Å². The van der Waals surface area contributed by atoms with Crippen LogP contribution in [-0.4, -0.2) is 21.6 Å². The lowest BCUT2D eigenvalue weighted by atomic mass is 10.1. The Kier molecular flexibility index (Phi) is 6.43. The minimum Gasteiger partial charge on any atom is -0.267 e. The first-order chi connectivity index (χ1) is 14.0. The van der Waals surface area contributed by atoms with E-state index in [9.17, 15) is 14.4 Å². The molecule has 0 aliphatic rings. The van der Waals surface area contributed by atoms with Crippen molar-refractivity contribution >= 4 is 33.9 Å². The number of amides is 2. The van der Waals surface area contributed by atoms with Crippen LogP contribution >= 0.6 is 11.3 Å². The Bertz CT molecular complexity index is 1120. The van der Waals surface area contributed by atoms with E-state index < -0.39 is 5.91 Å². The van der Waals surface area contributed by atoms with Crippen molar-refractivity contribution in [2.75, 3.05) is 0 Å². The number of aryl methyl sites for hydroxylation is 3. The van der Waals surface area contributed by atoms with Crippen molar-refractivity contribution in [1.82, 2.24) is 20.6 Å². The highest BCUT2D eigenvalue weighted by Gasteiger charge is 2.18. The molecule has 8 heteroatoms. The molecule has 2 N–H and O–H groups in total. The Labute approximate surface area is 172 Å². The third kappa shape index (κ3) is 4.37. The average Bonchev–Trinajstić information content (AvgIpc) is 3.09. The van der Waals surface area contributed by atoms with Crippen LogP contribution in [0.4, 0.5) is 0 Å². The number of hydrogen-bond donors (Lipinski definition) is 2. The summed E-state index contributed by atoms with van der Waals surface area (Å²) in [6, 6.07) is 8.70. The van der Waals surface area contributed by atoms with Crippen molar-refractivity contribution in [2.24, 2.45) is 0 Å². The maximum atomic E-state index is 12.7. The fourth-order valence-electron chi connectivity index (χ4n) is 3.15. The third-order valence-electron chi connectivity index (χ3n) is 4.57. The SMILES string of the molecule is CCCc1cc(C(=O)NNC(=O)c2nn(CCC)c(=O)c3ccccc23)sc1C. The Hall–Kier alpha value is -3.00. The van der Waals surface area contributed by atoms with E-state index in [0.29, 0.717) is 28.6 Å². The van der Waals surface area contributed by atoms with Crippen LogP contribution in [0, 0.1) is 6.92 Å².